The van der Waals surface area contributed by atoms with Crippen molar-refractivity contribution in [3.63, 3.8) is 0 Å². The number of fused-ring (bicyclic) bond motifs is 5. The van der Waals surface area contributed by atoms with E-state index in [1.807, 2.05) is 23.5 Å². The van der Waals surface area contributed by atoms with Crippen molar-refractivity contribution >= 4 is 11.3 Å². The van der Waals surface area contributed by atoms with Crippen LogP contribution in [0.3, 0.4) is 0 Å². The third-order valence-electron chi connectivity index (χ3n) is 5.54. The molecule has 1 aliphatic heterocycles. The van der Waals surface area contributed by atoms with Gasteiger partial charge in [0.15, 0.2) is 0 Å². The van der Waals surface area contributed by atoms with Crippen LogP contribution in [0.2, 0.25) is 0 Å². The van der Waals surface area contributed by atoms with Gasteiger partial charge in [-0.1, -0.05) is 72.8 Å². The highest BCUT2D eigenvalue weighted by atomic mass is 32.1. The lowest BCUT2D eigenvalue weighted by molar-refractivity contribution is 0.488. The number of hydrogen-bond donors (Lipinski definition) is 0. The van der Waals surface area contributed by atoms with Gasteiger partial charge in [-0.15, -0.1) is 11.3 Å². The minimum Gasteiger partial charge on any atom is -0.456 e. The molecule has 0 radical (unpaired) electrons. The highest BCUT2D eigenvalue weighted by Gasteiger charge is 2.20. The van der Waals surface area contributed by atoms with Gasteiger partial charge in [0.05, 0.1) is 0 Å². The first-order valence-electron chi connectivity index (χ1n) is 10.0. The summed E-state index contributed by atoms with van der Waals surface area (Å²) in [6.45, 7) is 0. The summed E-state index contributed by atoms with van der Waals surface area (Å²) in [5, 5.41) is 0. The molecule has 0 saturated carbocycles. The fraction of sp³-hybridized carbons (Fsp3) is 0. The third kappa shape index (κ3) is 2.85. The van der Waals surface area contributed by atoms with Crippen LogP contribution in [0, 0.1) is 0 Å². The predicted molar refractivity (Wildman–Crippen MR) is 126 cm³/mol. The average Bonchev–Trinajstić information content (AvgIpc) is 3.26. The summed E-state index contributed by atoms with van der Waals surface area (Å²) in [6, 6.07) is 38.3. The number of rotatable bonds is 2. The van der Waals surface area contributed by atoms with Crippen LogP contribution in [0.4, 0.5) is 0 Å². The average molecular weight is 403 g/mol. The molecular formula is C28H18OS. The van der Waals surface area contributed by atoms with Crippen LogP contribution >= 0.6 is 11.3 Å². The number of ether oxygens (including phenoxy) is 1. The maximum Gasteiger partial charge on any atom is 0.135 e. The van der Waals surface area contributed by atoms with Gasteiger partial charge in [-0.25, -0.2) is 0 Å². The van der Waals surface area contributed by atoms with Crippen molar-refractivity contribution in [2.45, 2.75) is 0 Å². The van der Waals surface area contributed by atoms with Crippen LogP contribution < -0.4 is 4.74 Å². The van der Waals surface area contributed by atoms with E-state index in [1.165, 1.54) is 32.0 Å². The van der Waals surface area contributed by atoms with E-state index >= 15 is 0 Å². The molecule has 2 heteroatoms. The molecule has 0 atom stereocenters. The summed E-state index contributed by atoms with van der Waals surface area (Å²) in [5.41, 5.74) is 7.15. The molecule has 0 saturated heterocycles. The predicted octanol–water partition coefficient (Wildman–Crippen LogP) is 8.52. The Labute approximate surface area is 179 Å². The van der Waals surface area contributed by atoms with Gasteiger partial charge in [0.1, 0.15) is 11.5 Å². The molecule has 2 heterocycles. The lowest BCUT2D eigenvalue weighted by Gasteiger charge is -2.10. The van der Waals surface area contributed by atoms with Crippen molar-refractivity contribution < 1.29 is 4.74 Å². The standard InChI is InChI=1S/C28H18OS/c1-2-8-19(9-3-1)27-16-17-28(30-27)20-14-15-26-24(18-20)22-11-5-4-10-21(22)23-12-6-7-13-25(23)29-26/h1-18H. The number of benzene rings is 4. The fourth-order valence-electron chi connectivity index (χ4n) is 4.08. The minimum atomic E-state index is 0.899. The Bertz CT molecular complexity index is 1360. The zero-order valence-corrected chi connectivity index (χ0v) is 17.0. The highest BCUT2D eigenvalue weighted by molar-refractivity contribution is 7.18. The highest BCUT2D eigenvalue weighted by Crippen LogP contribution is 2.48. The molecule has 0 spiro atoms. The van der Waals surface area contributed by atoms with Crippen molar-refractivity contribution in [1.29, 1.82) is 0 Å². The monoisotopic (exact) mass is 402 g/mol. The summed E-state index contributed by atoms with van der Waals surface area (Å²) in [7, 11) is 0. The first-order chi connectivity index (χ1) is 14.9. The molecular weight excluding hydrogens is 384 g/mol. The van der Waals surface area contributed by atoms with Gasteiger partial charge in [0, 0.05) is 20.9 Å². The van der Waals surface area contributed by atoms with E-state index in [0.717, 1.165) is 22.6 Å². The maximum atomic E-state index is 6.35. The van der Waals surface area contributed by atoms with E-state index in [1.54, 1.807) is 0 Å². The minimum absolute atomic E-state index is 0.899. The Morgan fingerprint density at radius 3 is 1.83 bits per heavy atom. The SMILES string of the molecule is c1ccc(-c2ccc(-c3ccc4c(c3)-c3ccccc3-c3ccccc3O4)s2)cc1. The van der Waals surface area contributed by atoms with Crippen molar-refractivity contribution in [3.05, 3.63) is 109 Å². The summed E-state index contributed by atoms with van der Waals surface area (Å²) in [6.07, 6.45) is 0. The van der Waals surface area contributed by atoms with Crippen LogP contribution in [0.25, 0.3) is 43.1 Å². The van der Waals surface area contributed by atoms with E-state index in [-0.39, 0.29) is 0 Å². The quantitative estimate of drug-likeness (QED) is 0.282. The molecule has 1 aromatic heterocycles. The molecule has 1 aliphatic rings. The second-order valence-corrected chi connectivity index (χ2v) is 8.47. The van der Waals surface area contributed by atoms with E-state index < -0.39 is 0 Å². The maximum absolute atomic E-state index is 6.35. The number of para-hydroxylation sites is 1. The smallest absolute Gasteiger partial charge is 0.135 e. The molecule has 0 amide bonds. The second-order valence-electron chi connectivity index (χ2n) is 7.38. The molecule has 30 heavy (non-hydrogen) atoms. The van der Waals surface area contributed by atoms with Gasteiger partial charge in [-0.2, -0.15) is 0 Å². The van der Waals surface area contributed by atoms with Crippen LogP contribution in [-0.2, 0) is 0 Å². The molecule has 1 nitrogen and oxygen atoms in total. The molecule has 0 bridgehead atoms. The van der Waals surface area contributed by atoms with Gasteiger partial charge in [0.25, 0.3) is 0 Å². The summed E-state index contributed by atoms with van der Waals surface area (Å²) in [4.78, 5) is 2.54. The number of hydrogen-bond acceptors (Lipinski definition) is 2. The molecule has 0 fully saturated rings. The second kappa shape index (κ2) is 7.01. The van der Waals surface area contributed by atoms with Gasteiger partial charge in [-0.05, 0) is 58.7 Å². The summed E-state index contributed by atoms with van der Waals surface area (Å²) in [5.74, 6) is 1.80. The van der Waals surface area contributed by atoms with Crippen molar-refractivity contribution in [1.82, 2.24) is 0 Å². The normalized spacial score (nSPS) is 11.6. The first kappa shape index (κ1) is 17.3. The Morgan fingerprint density at radius 2 is 1.03 bits per heavy atom. The van der Waals surface area contributed by atoms with Crippen LogP contribution in [0.15, 0.2) is 109 Å². The molecule has 4 aromatic carbocycles. The van der Waals surface area contributed by atoms with Gasteiger partial charge >= 0.3 is 0 Å². The van der Waals surface area contributed by atoms with Crippen molar-refractivity contribution in [2.24, 2.45) is 0 Å². The Kier molecular flexibility index (Phi) is 4.03. The van der Waals surface area contributed by atoms with E-state index in [0.29, 0.717) is 0 Å². The molecule has 5 aromatic rings. The Hall–Kier alpha value is -3.62. The van der Waals surface area contributed by atoms with Gasteiger partial charge in [-0.3, -0.25) is 0 Å². The zero-order chi connectivity index (χ0) is 19.9. The van der Waals surface area contributed by atoms with Gasteiger partial charge in [0.2, 0.25) is 0 Å². The molecule has 6 rings (SSSR count). The molecule has 142 valence electrons. The zero-order valence-electron chi connectivity index (χ0n) is 16.2. The first-order valence-corrected chi connectivity index (χ1v) is 10.8. The lowest BCUT2D eigenvalue weighted by atomic mass is 9.93. The fourth-order valence-corrected chi connectivity index (χ4v) is 5.09. The van der Waals surface area contributed by atoms with Crippen LogP contribution in [0.5, 0.6) is 11.5 Å². The topological polar surface area (TPSA) is 9.23 Å². The van der Waals surface area contributed by atoms with E-state index in [2.05, 4.69) is 97.1 Å². The van der Waals surface area contributed by atoms with Crippen molar-refractivity contribution in [3.8, 4) is 54.6 Å². The van der Waals surface area contributed by atoms with Crippen LogP contribution in [0.1, 0.15) is 0 Å². The number of thiophene rings is 1. The Morgan fingerprint density at radius 1 is 0.433 bits per heavy atom. The molecule has 0 unspecified atom stereocenters. The third-order valence-corrected chi connectivity index (χ3v) is 6.73. The summed E-state index contributed by atoms with van der Waals surface area (Å²) < 4.78 is 6.35. The molecule has 0 aliphatic carbocycles. The largest absolute Gasteiger partial charge is 0.456 e. The van der Waals surface area contributed by atoms with E-state index in [4.69, 9.17) is 4.74 Å². The summed E-state index contributed by atoms with van der Waals surface area (Å²) >= 11 is 1.82. The van der Waals surface area contributed by atoms with Crippen molar-refractivity contribution in [2.75, 3.05) is 0 Å². The van der Waals surface area contributed by atoms with Crippen LogP contribution in [-0.4, -0.2) is 0 Å². The van der Waals surface area contributed by atoms with Gasteiger partial charge < -0.3 is 4.74 Å². The molecule has 0 N–H and O–H groups in total. The van der Waals surface area contributed by atoms with E-state index in [9.17, 15) is 0 Å². The Balaban J connectivity index is 1.49. The lowest BCUT2D eigenvalue weighted by Crippen LogP contribution is -1.86.